The maximum absolute atomic E-state index is 10.8. The fourth-order valence-electron chi connectivity index (χ4n) is 0.828. The minimum Gasteiger partial charge on any atom is -0.464 e. The third-order valence-corrected chi connectivity index (χ3v) is 1.48. The van der Waals surface area contributed by atoms with Gasteiger partial charge in [0.05, 0.1) is 13.0 Å². The molecule has 1 fully saturated rings. The van der Waals surface area contributed by atoms with Crippen LogP contribution in [-0.4, -0.2) is 34.8 Å². The maximum Gasteiger partial charge on any atom is 0.332 e. The van der Waals surface area contributed by atoms with Crippen LogP contribution in [0, 0.1) is 0 Å². The lowest BCUT2D eigenvalue weighted by Crippen LogP contribution is -2.55. The van der Waals surface area contributed by atoms with Crippen molar-refractivity contribution in [1.29, 1.82) is 0 Å². The number of rotatable bonds is 2. The molecular formula is C6H9NO4. The van der Waals surface area contributed by atoms with Crippen LogP contribution in [0.5, 0.6) is 0 Å². The molecular weight excluding hydrogens is 150 g/mol. The number of hydrogen-bond acceptors (Lipinski definition) is 4. The Hall–Kier alpha value is -1.10. The molecule has 1 amide bonds. The normalized spacial score (nSPS) is 22.9. The highest BCUT2D eigenvalue weighted by Crippen LogP contribution is 2.16. The van der Waals surface area contributed by atoms with Crippen molar-refractivity contribution in [3.05, 3.63) is 0 Å². The number of ether oxygens (including phenoxy) is 1. The van der Waals surface area contributed by atoms with Crippen molar-refractivity contribution in [2.45, 2.75) is 19.4 Å². The minimum atomic E-state index is -0.776. The molecule has 0 aromatic carbocycles. The molecule has 11 heavy (non-hydrogen) atoms. The fourth-order valence-corrected chi connectivity index (χ4v) is 0.828. The number of amides is 1. The van der Waals surface area contributed by atoms with E-state index in [1.54, 1.807) is 6.92 Å². The zero-order chi connectivity index (χ0) is 8.43. The van der Waals surface area contributed by atoms with Crippen LogP contribution in [0.3, 0.4) is 0 Å². The van der Waals surface area contributed by atoms with Crippen LogP contribution in [-0.2, 0) is 14.3 Å². The van der Waals surface area contributed by atoms with E-state index < -0.39 is 17.9 Å². The first-order valence-electron chi connectivity index (χ1n) is 3.34. The van der Waals surface area contributed by atoms with Crippen molar-refractivity contribution in [1.82, 2.24) is 5.06 Å². The minimum absolute atomic E-state index is 0.0509. The molecule has 1 N–H and O–H groups in total. The van der Waals surface area contributed by atoms with Gasteiger partial charge in [0.2, 0.25) is 5.91 Å². The van der Waals surface area contributed by atoms with Crippen LogP contribution in [0.1, 0.15) is 13.3 Å². The van der Waals surface area contributed by atoms with Crippen LogP contribution < -0.4 is 0 Å². The lowest BCUT2D eigenvalue weighted by atomic mass is 10.1. The van der Waals surface area contributed by atoms with E-state index in [1.807, 2.05) is 0 Å². The van der Waals surface area contributed by atoms with Gasteiger partial charge in [-0.15, -0.1) is 0 Å². The van der Waals surface area contributed by atoms with Gasteiger partial charge < -0.3 is 4.74 Å². The molecule has 5 heteroatoms. The van der Waals surface area contributed by atoms with Crippen LogP contribution in [0.4, 0.5) is 0 Å². The number of carbonyl (C=O) groups excluding carboxylic acids is 2. The summed E-state index contributed by atoms with van der Waals surface area (Å²) in [7, 11) is 0. The molecule has 0 bridgehead atoms. The van der Waals surface area contributed by atoms with Crippen molar-refractivity contribution < 1.29 is 19.5 Å². The highest BCUT2D eigenvalue weighted by Gasteiger charge is 2.41. The average Bonchev–Trinajstić information content (AvgIpc) is 1.99. The first kappa shape index (κ1) is 8.00. The second-order valence-electron chi connectivity index (χ2n) is 2.21. The van der Waals surface area contributed by atoms with Gasteiger partial charge in [0.1, 0.15) is 0 Å². The summed E-state index contributed by atoms with van der Waals surface area (Å²) < 4.78 is 4.57. The topological polar surface area (TPSA) is 66.8 Å². The lowest BCUT2D eigenvalue weighted by Gasteiger charge is -2.32. The molecule has 1 saturated heterocycles. The van der Waals surface area contributed by atoms with E-state index in [1.165, 1.54) is 0 Å². The third-order valence-electron chi connectivity index (χ3n) is 1.48. The Morgan fingerprint density at radius 1 is 1.91 bits per heavy atom. The summed E-state index contributed by atoms with van der Waals surface area (Å²) in [5, 5.41) is 9.16. The van der Waals surface area contributed by atoms with E-state index in [0.717, 1.165) is 0 Å². The maximum atomic E-state index is 10.8. The zero-order valence-electron chi connectivity index (χ0n) is 6.11. The molecule has 1 atom stereocenters. The summed E-state index contributed by atoms with van der Waals surface area (Å²) in [6, 6.07) is -0.776. The highest BCUT2D eigenvalue weighted by molar-refractivity contribution is 5.93. The van der Waals surface area contributed by atoms with Crippen molar-refractivity contribution in [3.8, 4) is 0 Å². The lowest BCUT2D eigenvalue weighted by molar-refractivity contribution is -0.210. The molecule has 0 aromatic rings. The first-order chi connectivity index (χ1) is 5.16. The average molecular weight is 159 g/mol. The number of nitrogens with zero attached hydrogens (tertiary/aromatic N) is 1. The van der Waals surface area contributed by atoms with E-state index in [9.17, 15) is 9.59 Å². The van der Waals surface area contributed by atoms with E-state index in [-0.39, 0.29) is 13.0 Å². The van der Waals surface area contributed by atoms with Crippen molar-refractivity contribution >= 4 is 11.9 Å². The van der Waals surface area contributed by atoms with Gasteiger partial charge in [0.15, 0.2) is 6.04 Å². The molecule has 0 radical (unpaired) electrons. The number of β-lactam (4-membered cyclic amide) rings is 1. The predicted molar refractivity (Wildman–Crippen MR) is 33.7 cm³/mol. The van der Waals surface area contributed by atoms with Gasteiger partial charge in [-0.2, -0.15) is 0 Å². The Kier molecular flexibility index (Phi) is 2.09. The summed E-state index contributed by atoms with van der Waals surface area (Å²) >= 11 is 0. The van der Waals surface area contributed by atoms with Crippen molar-refractivity contribution in [3.63, 3.8) is 0 Å². The summed E-state index contributed by atoms with van der Waals surface area (Å²) in [5.74, 6) is -0.988. The molecule has 5 nitrogen and oxygen atoms in total. The van der Waals surface area contributed by atoms with E-state index in [2.05, 4.69) is 4.74 Å². The van der Waals surface area contributed by atoms with Gasteiger partial charge in [-0.3, -0.25) is 10.0 Å². The molecule has 1 rings (SSSR count). The largest absolute Gasteiger partial charge is 0.464 e. The third kappa shape index (κ3) is 1.32. The van der Waals surface area contributed by atoms with E-state index >= 15 is 0 Å². The SMILES string of the molecule is CCOC(=O)C1CC(=O)N1O. The highest BCUT2D eigenvalue weighted by atomic mass is 16.6. The zero-order valence-corrected chi connectivity index (χ0v) is 6.11. The van der Waals surface area contributed by atoms with Gasteiger partial charge in [-0.25, -0.2) is 9.86 Å². The standard InChI is InChI=1S/C6H9NO4/c1-2-11-6(9)4-3-5(8)7(4)10/h4,10H,2-3H2,1H3. The molecule has 0 aliphatic carbocycles. The number of hydroxylamine groups is 2. The number of esters is 1. The molecule has 0 aromatic heterocycles. The summed E-state index contributed by atoms with van der Waals surface area (Å²) in [6.45, 7) is 1.93. The number of hydrogen-bond donors (Lipinski definition) is 1. The quantitative estimate of drug-likeness (QED) is 0.336. The van der Waals surface area contributed by atoms with Crippen molar-refractivity contribution in [2.75, 3.05) is 6.61 Å². The van der Waals surface area contributed by atoms with Crippen LogP contribution >= 0.6 is 0 Å². The monoisotopic (exact) mass is 159 g/mol. The van der Waals surface area contributed by atoms with E-state index in [4.69, 9.17) is 5.21 Å². The van der Waals surface area contributed by atoms with Gasteiger partial charge in [0.25, 0.3) is 0 Å². The first-order valence-corrected chi connectivity index (χ1v) is 3.34. The molecule has 1 aliphatic heterocycles. The Morgan fingerprint density at radius 3 is 2.91 bits per heavy atom. The molecule has 1 unspecified atom stereocenters. The van der Waals surface area contributed by atoms with Crippen LogP contribution in [0.2, 0.25) is 0 Å². The molecule has 0 spiro atoms. The fraction of sp³-hybridized carbons (Fsp3) is 0.667. The second kappa shape index (κ2) is 2.87. The van der Waals surface area contributed by atoms with Crippen LogP contribution in [0.25, 0.3) is 0 Å². The van der Waals surface area contributed by atoms with Gasteiger partial charge in [-0.05, 0) is 6.92 Å². The predicted octanol–water partition coefficient (Wildman–Crippen LogP) is -0.460. The second-order valence-corrected chi connectivity index (χ2v) is 2.21. The molecule has 1 aliphatic rings. The Balaban J connectivity index is 2.39. The smallest absolute Gasteiger partial charge is 0.332 e. The summed E-state index contributed by atoms with van der Waals surface area (Å²) in [5.41, 5.74) is 0. The Morgan fingerprint density at radius 2 is 2.55 bits per heavy atom. The van der Waals surface area contributed by atoms with Crippen molar-refractivity contribution in [2.24, 2.45) is 0 Å². The summed E-state index contributed by atoms with van der Waals surface area (Å²) in [4.78, 5) is 21.2. The molecule has 0 saturated carbocycles. The van der Waals surface area contributed by atoms with Gasteiger partial charge in [-0.1, -0.05) is 0 Å². The van der Waals surface area contributed by atoms with Gasteiger partial charge in [0, 0.05) is 0 Å². The molecule has 1 heterocycles. The van der Waals surface area contributed by atoms with Gasteiger partial charge >= 0.3 is 5.97 Å². The van der Waals surface area contributed by atoms with Crippen LogP contribution in [0.15, 0.2) is 0 Å². The molecule has 62 valence electrons. The number of carbonyl (C=O) groups is 2. The van der Waals surface area contributed by atoms with E-state index in [0.29, 0.717) is 5.06 Å². The summed E-state index contributed by atoms with van der Waals surface area (Å²) in [6.07, 6.45) is 0.0509. The Labute approximate surface area is 63.5 Å². The Bertz CT molecular complexity index is 191.